The lowest BCUT2D eigenvalue weighted by atomic mass is 10.1. The van der Waals surface area contributed by atoms with Gasteiger partial charge in [0.15, 0.2) is 0 Å². The minimum absolute atomic E-state index is 0.132. The fraction of sp³-hybridized carbons (Fsp3) is 0.444. The molecule has 1 aliphatic carbocycles. The SMILES string of the molecule is COc1ccc2cc(CN(C(=O)C(F)(F)F)C3CCCC3)c(=O)[nH]c2c1. The third kappa shape index (κ3) is 3.68. The highest BCUT2D eigenvalue weighted by Gasteiger charge is 2.45. The molecule has 1 saturated carbocycles. The number of carbonyl (C=O) groups is 1. The second kappa shape index (κ2) is 7.01. The molecule has 5 nitrogen and oxygen atoms in total. The summed E-state index contributed by atoms with van der Waals surface area (Å²) < 4.78 is 44.1. The number of aromatic nitrogens is 1. The van der Waals surface area contributed by atoms with E-state index in [0.717, 1.165) is 17.7 Å². The van der Waals surface area contributed by atoms with Crippen molar-refractivity contribution in [2.75, 3.05) is 7.11 Å². The van der Waals surface area contributed by atoms with Gasteiger partial charge in [0.1, 0.15) is 5.75 Å². The zero-order chi connectivity index (χ0) is 18.9. The average Bonchev–Trinajstić information content (AvgIpc) is 3.12. The van der Waals surface area contributed by atoms with Crippen LogP contribution in [0.4, 0.5) is 13.2 Å². The standard InChI is InChI=1S/C18H19F3N2O3/c1-26-14-7-6-11-8-12(16(24)22-15(11)9-14)10-23(13-4-2-3-5-13)17(25)18(19,20)21/h6-9,13H,2-5,10H2,1H3,(H,22,24). The summed E-state index contributed by atoms with van der Waals surface area (Å²) in [4.78, 5) is 27.7. The Morgan fingerprint density at radius 2 is 1.96 bits per heavy atom. The number of fused-ring (bicyclic) bond motifs is 1. The first-order chi connectivity index (χ1) is 12.3. The lowest BCUT2D eigenvalue weighted by molar-refractivity contribution is -0.188. The van der Waals surface area contributed by atoms with E-state index in [1.807, 2.05) is 0 Å². The van der Waals surface area contributed by atoms with Gasteiger partial charge in [-0.15, -0.1) is 0 Å². The monoisotopic (exact) mass is 368 g/mol. The number of nitrogens with zero attached hydrogens (tertiary/aromatic N) is 1. The number of pyridine rings is 1. The molecule has 1 aromatic carbocycles. The second-order valence-electron chi connectivity index (χ2n) is 6.45. The molecule has 1 fully saturated rings. The van der Waals surface area contributed by atoms with E-state index in [0.29, 0.717) is 29.5 Å². The van der Waals surface area contributed by atoms with Crippen molar-refractivity contribution in [2.24, 2.45) is 0 Å². The molecule has 0 spiro atoms. The van der Waals surface area contributed by atoms with Crippen LogP contribution in [-0.2, 0) is 11.3 Å². The predicted octanol–water partition coefficient (Wildman–Crippen LogP) is 3.37. The van der Waals surface area contributed by atoms with E-state index in [-0.39, 0.29) is 12.1 Å². The van der Waals surface area contributed by atoms with Gasteiger partial charge in [-0.1, -0.05) is 12.8 Å². The molecule has 0 radical (unpaired) electrons. The van der Waals surface area contributed by atoms with Gasteiger partial charge in [-0.2, -0.15) is 13.2 Å². The number of hydrogen-bond acceptors (Lipinski definition) is 3. The van der Waals surface area contributed by atoms with Crippen LogP contribution in [0, 0.1) is 0 Å². The predicted molar refractivity (Wildman–Crippen MR) is 90.0 cm³/mol. The highest BCUT2D eigenvalue weighted by Crippen LogP contribution is 2.29. The van der Waals surface area contributed by atoms with E-state index in [2.05, 4.69) is 4.98 Å². The lowest BCUT2D eigenvalue weighted by Gasteiger charge is -2.29. The molecule has 1 aliphatic rings. The number of methoxy groups -OCH3 is 1. The van der Waals surface area contributed by atoms with Crippen molar-refractivity contribution in [3.8, 4) is 5.75 Å². The molecule has 0 atom stereocenters. The van der Waals surface area contributed by atoms with E-state index in [4.69, 9.17) is 4.74 Å². The van der Waals surface area contributed by atoms with Crippen LogP contribution >= 0.6 is 0 Å². The fourth-order valence-corrected chi connectivity index (χ4v) is 3.40. The highest BCUT2D eigenvalue weighted by molar-refractivity contribution is 5.83. The Balaban J connectivity index is 1.96. The molecule has 0 unspecified atom stereocenters. The summed E-state index contributed by atoms with van der Waals surface area (Å²) in [5.41, 5.74) is 0.142. The van der Waals surface area contributed by atoms with Crippen molar-refractivity contribution < 1.29 is 22.7 Å². The lowest BCUT2D eigenvalue weighted by Crippen LogP contribution is -2.46. The van der Waals surface area contributed by atoms with Crippen LogP contribution in [0.15, 0.2) is 29.1 Å². The van der Waals surface area contributed by atoms with Crippen molar-refractivity contribution in [2.45, 2.75) is 44.4 Å². The Kier molecular flexibility index (Phi) is 4.93. The Labute approximate surface area is 147 Å². The van der Waals surface area contributed by atoms with Crippen molar-refractivity contribution in [3.63, 3.8) is 0 Å². The number of benzene rings is 1. The Hall–Kier alpha value is -2.51. The van der Waals surface area contributed by atoms with Crippen molar-refractivity contribution in [1.29, 1.82) is 0 Å². The molecule has 3 rings (SSSR count). The van der Waals surface area contributed by atoms with Crippen LogP contribution in [0.3, 0.4) is 0 Å². The molecule has 0 aliphatic heterocycles. The third-order valence-electron chi connectivity index (χ3n) is 4.74. The molecule has 0 bridgehead atoms. The Bertz CT molecular complexity index is 870. The summed E-state index contributed by atoms with van der Waals surface area (Å²) in [6.07, 6.45) is -2.37. The summed E-state index contributed by atoms with van der Waals surface area (Å²) >= 11 is 0. The summed E-state index contributed by atoms with van der Waals surface area (Å²) in [5, 5.41) is 0.659. The van der Waals surface area contributed by atoms with E-state index in [1.54, 1.807) is 18.2 Å². The molecule has 8 heteroatoms. The number of rotatable bonds is 4. The maximum absolute atomic E-state index is 13.0. The number of nitrogens with one attached hydrogen (secondary N) is 1. The van der Waals surface area contributed by atoms with Crippen molar-refractivity contribution in [1.82, 2.24) is 9.88 Å². The normalized spacial score (nSPS) is 15.4. The summed E-state index contributed by atoms with van der Waals surface area (Å²) in [6, 6.07) is 6.07. The van der Waals surface area contributed by atoms with Crippen molar-refractivity contribution in [3.05, 3.63) is 40.2 Å². The maximum Gasteiger partial charge on any atom is 0.471 e. The summed E-state index contributed by atoms with van der Waals surface area (Å²) in [6.45, 7) is -0.361. The Morgan fingerprint density at radius 3 is 2.58 bits per heavy atom. The van der Waals surface area contributed by atoms with Crippen LogP contribution in [0.5, 0.6) is 5.75 Å². The van der Waals surface area contributed by atoms with Crippen molar-refractivity contribution >= 4 is 16.8 Å². The van der Waals surface area contributed by atoms with E-state index < -0.39 is 23.7 Å². The maximum atomic E-state index is 13.0. The largest absolute Gasteiger partial charge is 0.497 e. The van der Waals surface area contributed by atoms with Crippen LogP contribution in [0.1, 0.15) is 31.2 Å². The molecule has 26 heavy (non-hydrogen) atoms. The van der Waals surface area contributed by atoms with Gasteiger partial charge in [0, 0.05) is 17.7 Å². The molecule has 0 saturated heterocycles. The molecule has 140 valence electrons. The van der Waals surface area contributed by atoms with Gasteiger partial charge in [-0.3, -0.25) is 9.59 Å². The third-order valence-corrected chi connectivity index (χ3v) is 4.74. The molecule has 2 aromatic rings. The van der Waals surface area contributed by atoms with Gasteiger partial charge in [0.2, 0.25) is 0 Å². The van der Waals surface area contributed by atoms with Gasteiger partial charge in [-0.25, -0.2) is 0 Å². The van der Waals surface area contributed by atoms with E-state index >= 15 is 0 Å². The van der Waals surface area contributed by atoms with Gasteiger partial charge in [0.25, 0.3) is 5.56 Å². The minimum atomic E-state index is -4.96. The van der Waals surface area contributed by atoms with Gasteiger partial charge >= 0.3 is 12.1 Å². The van der Waals surface area contributed by atoms with Crippen LogP contribution in [0.2, 0.25) is 0 Å². The minimum Gasteiger partial charge on any atom is -0.497 e. The van der Waals surface area contributed by atoms with Crippen LogP contribution in [-0.4, -0.2) is 35.1 Å². The number of ether oxygens (including phenoxy) is 1. The van der Waals surface area contributed by atoms with Crippen LogP contribution in [0.25, 0.3) is 10.9 Å². The first-order valence-corrected chi connectivity index (χ1v) is 8.37. The number of alkyl halides is 3. The molecule has 1 aromatic heterocycles. The summed E-state index contributed by atoms with van der Waals surface area (Å²) in [7, 11) is 1.50. The number of H-pyrrole nitrogens is 1. The second-order valence-corrected chi connectivity index (χ2v) is 6.45. The average molecular weight is 368 g/mol. The number of carbonyl (C=O) groups excluding carboxylic acids is 1. The fourth-order valence-electron chi connectivity index (χ4n) is 3.40. The zero-order valence-electron chi connectivity index (χ0n) is 14.2. The molecular weight excluding hydrogens is 349 g/mol. The van der Waals surface area contributed by atoms with Gasteiger partial charge < -0.3 is 14.6 Å². The van der Waals surface area contributed by atoms with Gasteiger partial charge in [0.05, 0.1) is 19.2 Å². The number of hydrogen-bond donors (Lipinski definition) is 1. The first-order valence-electron chi connectivity index (χ1n) is 8.37. The zero-order valence-corrected chi connectivity index (χ0v) is 14.2. The molecule has 1 heterocycles. The summed E-state index contributed by atoms with van der Waals surface area (Å²) in [5.74, 6) is -1.33. The highest BCUT2D eigenvalue weighted by atomic mass is 19.4. The Morgan fingerprint density at radius 1 is 1.27 bits per heavy atom. The number of amides is 1. The van der Waals surface area contributed by atoms with Crippen LogP contribution < -0.4 is 10.3 Å². The van der Waals surface area contributed by atoms with E-state index in [9.17, 15) is 22.8 Å². The number of halogens is 3. The van der Waals surface area contributed by atoms with Gasteiger partial charge in [-0.05, 0) is 36.4 Å². The van der Waals surface area contributed by atoms with E-state index in [1.165, 1.54) is 13.2 Å². The molecule has 1 amide bonds. The number of aromatic amines is 1. The smallest absolute Gasteiger partial charge is 0.471 e. The first kappa shape index (κ1) is 18.3. The molecule has 1 N–H and O–H groups in total. The molecular formula is C18H19F3N2O3. The quantitative estimate of drug-likeness (QED) is 0.900. The topological polar surface area (TPSA) is 62.4 Å².